The Morgan fingerprint density at radius 3 is 2.67 bits per heavy atom. The Kier molecular flexibility index (Phi) is 4.34. The molecule has 0 spiro atoms. The topological polar surface area (TPSA) is 24.9 Å². The van der Waals surface area contributed by atoms with Gasteiger partial charge in [0.25, 0.3) is 0 Å². The van der Waals surface area contributed by atoms with E-state index in [2.05, 4.69) is 23.3 Å². The van der Waals surface area contributed by atoms with E-state index in [1.807, 2.05) is 43.5 Å². The van der Waals surface area contributed by atoms with Crippen molar-refractivity contribution in [1.29, 1.82) is 0 Å². The number of aryl methyl sites for hydroxylation is 1. The van der Waals surface area contributed by atoms with Crippen molar-refractivity contribution >= 4 is 11.6 Å². The van der Waals surface area contributed by atoms with Crippen LogP contribution in [-0.4, -0.2) is 4.98 Å². The van der Waals surface area contributed by atoms with Crippen molar-refractivity contribution in [1.82, 2.24) is 10.3 Å². The molecule has 94 valence electrons. The molecular weight excluding hydrogens is 244 g/mol. The van der Waals surface area contributed by atoms with E-state index >= 15 is 0 Å². The molecule has 0 saturated heterocycles. The van der Waals surface area contributed by atoms with E-state index in [4.69, 9.17) is 11.6 Å². The lowest BCUT2D eigenvalue weighted by Gasteiger charge is -2.15. The smallest absolute Gasteiger partial charge is 0.0453 e. The van der Waals surface area contributed by atoms with Gasteiger partial charge in [0, 0.05) is 29.5 Å². The zero-order valence-electron chi connectivity index (χ0n) is 10.7. The number of pyridine rings is 1. The Balaban J connectivity index is 1.98. The van der Waals surface area contributed by atoms with Crippen molar-refractivity contribution in [3.63, 3.8) is 0 Å². The minimum Gasteiger partial charge on any atom is -0.306 e. The third kappa shape index (κ3) is 3.31. The Morgan fingerprint density at radius 2 is 2.00 bits per heavy atom. The van der Waals surface area contributed by atoms with Crippen LogP contribution in [-0.2, 0) is 6.54 Å². The minimum atomic E-state index is 0.222. The van der Waals surface area contributed by atoms with E-state index in [1.165, 1.54) is 5.56 Å². The van der Waals surface area contributed by atoms with Crippen LogP contribution in [0.2, 0.25) is 5.02 Å². The molecule has 1 atom stereocenters. The number of halogens is 1. The summed E-state index contributed by atoms with van der Waals surface area (Å²) in [6.07, 6.45) is 1.90. The van der Waals surface area contributed by atoms with Gasteiger partial charge in [-0.3, -0.25) is 4.98 Å². The molecule has 0 aliphatic carbocycles. The van der Waals surface area contributed by atoms with Crippen LogP contribution < -0.4 is 5.32 Å². The van der Waals surface area contributed by atoms with E-state index in [9.17, 15) is 0 Å². The average Bonchev–Trinajstić information content (AvgIpc) is 2.38. The van der Waals surface area contributed by atoms with Crippen molar-refractivity contribution in [3.8, 4) is 0 Å². The molecule has 1 aromatic heterocycles. The van der Waals surface area contributed by atoms with Gasteiger partial charge in [-0.2, -0.15) is 0 Å². The SMILES string of the molecule is Cc1ccc(CNC(C)c2ccccc2Cl)cn1. The van der Waals surface area contributed by atoms with Gasteiger partial charge in [0.15, 0.2) is 0 Å². The Hall–Kier alpha value is -1.38. The second-order valence-electron chi connectivity index (χ2n) is 4.43. The van der Waals surface area contributed by atoms with E-state index in [0.29, 0.717) is 0 Å². The fourth-order valence-electron chi connectivity index (χ4n) is 1.81. The van der Waals surface area contributed by atoms with Crippen LogP contribution in [0.1, 0.15) is 29.8 Å². The van der Waals surface area contributed by atoms with Crippen LogP contribution in [0.25, 0.3) is 0 Å². The van der Waals surface area contributed by atoms with Crippen molar-refractivity contribution in [2.45, 2.75) is 26.4 Å². The summed E-state index contributed by atoms with van der Waals surface area (Å²) in [6.45, 7) is 4.89. The molecular formula is C15H17ClN2. The Labute approximate surface area is 113 Å². The summed E-state index contributed by atoms with van der Waals surface area (Å²) in [5.74, 6) is 0. The highest BCUT2D eigenvalue weighted by atomic mass is 35.5. The highest BCUT2D eigenvalue weighted by Gasteiger charge is 2.08. The Bertz CT molecular complexity index is 508. The summed E-state index contributed by atoms with van der Waals surface area (Å²) in [5, 5.41) is 4.26. The highest BCUT2D eigenvalue weighted by Crippen LogP contribution is 2.22. The van der Waals surface area contributed by atoms with E-state index in [0.717, 1.165) is 22.8 Å². The summed E-state index contributed by atoms with van der Waals surface area (Å²) in [4.78, 5) is 4.28. The van der Waals surface area contributed by atoms with Crippen molar-refractivity contribution in [3.05, 3.63) is 64.4 Å². The van der Waals surface area contributed by atoms with Gasteiger partial charge in [-0.25, -0.2) is 0 Å². The van der Waals surface area contributed by atoms with Crippen molar-refractivity contribution in [2.24, 2.45) is 0 Å². The number of rotatable bonds is 4. The first kappa shape index (κ1) is 13.1. The van der Waals surface area contributed by atoms with Gasteiger partial charge in [0.05, 0.1) is 0 Å². The summed E-state index contributed by atoms with van der Waals surface area (Å²) in [7, 11) is 0. The molecule has 1 heterocycles. The van der Waals surface area contributed by atoms with Crippen LogP contribution in [0.15, 0.2) is 42.6 Å². The molecule has 18 heavy (non-hydrogen) atoms. The maximum atomic E-state index is 6.17. The van der Waals surface area contributed by atoms with E-state index in [-0.39, 0.29) is 6.04 Å². The van der Waals surface area contributed by atoms with Gasteiger partial charge >= 0.3 is 0 Å². The first-order valence-electron chi connectivity index (χ1n) is 6.06. The molecule has 0 aliphatic rings. The van der Waals surface area contributed by atoms with Crippen LogP contribution in [0.5, 0.6) is 0 Å². The average molecular weight is 261 g/mol. The maximum absolute atomic E-state index is 6.17. The Morgan fingerprint density at radius 1 is 1.22 bits per heavy atom. The van der Waals surface area contributed by atoms with E-state index < -0.39 is 0 Å². The molecule has 2 rings (SSSR count). The van der Waals surface area contributed by atoms with E-state index in [1.54, 1.807) is 0 Å². The predicted molar refractivity (Wildman–Crippen MR) is 75.7 cm³/mol. The van der Waals surface area contributed by atoms with Gasteiger partial charge in [0.1, 0.15) is 0 Å². The largest absolute Gasteiger partial charge is 0.306 e. The molecule has 0 amide bonds. The number of hydrogen-bond donors (Lipinski definition) is 1. The van der Waals surface area contributed by atoms with Crippen molar-refractivity contribution in [2.75, 3.05) is 0 Å². The normalized spacial score (nSPS) is 12.4. The molecule has 2 aromatic rings. The third-order valence-electron chi connectivity index (χ3n) is 2.96. The van der Waals surface area contributed by atoms with Crippen LogP contribution >= 0.6 is 11.6 Å². The van der Waals surface area contributed by atoms with Crippen molar-refractivity contribution < 1.29 is 0 Å². The standard InChI is InChI=1S/C15H17ClN2/c1-11-7-8-13(9-17-11)10-18-12(2)14-5-3-4-6-15(14)16/h3-9,12,18H,10H2,1-2H3. The predicted octanol–water partition coefficient (Wildman–Crippen LogP) is 3.89. The summed E-state index contributed by atoms with van der Waals surface area (Å²) < 4.78 is 0. The van der Waals surface area contributed by atoms with Crippen LogP contribution in [0.3, 0.4) is 0 Å². The summed E-state index contributed by atoms with van der Waals surface area (Å²) >= 11 is 6.17. The molecule has 0 aliphatic heterocycles. The lowest BCUT2D eigenvalue weighted by molar-refractivity contribution is 0.574. The first-order valence-corrected chi connectivity index (χ1v) is 6.44. The zero-order valence-corrected chi connectivity index (χ0v) is 11.4. The van der Waals surface area contributed by atoms with Crippen LogP contribution in [0.4, 0.5) is 0 Å². The van der Waals surface area contributed by atoms with Crippen LogP contribution in [0, 0.1) is 6.92 Å². The number of hydrogen-bond acceptors (Lipinski definition) is 2. The number of nitrogens with zero attached hydrogens (tertiary/aromatic N) is 1. The molecule has 2 nitrogen and oxygen atoms in total. The number of aromatic nitrogens is 1. The fourth-order valence-corrected chi connectivity index (χ4v) is 2.11. The van der Waals surface area contributed by atoms with Gasteiger partial charge in [-0.1, -0.05) is 35.9 Å². The molecule has 3 heteroatoms. The monoisotopic (exact) mass is 260 g/mol. The zero-order chi connectivity index (χ0) is 13.0. The number of nitrogens with one attached hydrogen (secondary N) is 1. The second-order valence-corrected chi connectivity index (χ2v) is 4.84. The summed E-state index contributed by atoms with van der Waals surface area (Å²) in [6, 6.07) is 12.3. The first-order chi connectivity index (χ1) is 8.66. The third-order valence-corrected chi connectivity index (χ3v) is 3.30. The molecule has 0 fully saturated rings. The van der Waals surface area contributed by atoms with Gasteiger partial charge < -0.3 is 5.32 Å². The maximum Gasteiger partial charge on any atom is 0.0453 e. The molecule has 0 bridgehead atoms. The fraction of sp³-hybridized carbons (Fsp3) is 0.267. The van der Waals surface area contributed by atoms with Gasteiger partial charge in [-0.05, 0) is 37.1 Å². The number of benzene rings is 1. The molecule has 1 unspecified atom stereocenters. The minimum absolute atomic E-state index is 0.222. The molecule has 0 radical (unpaired) electrons. The lowest BCUT2D eigenvalue weighted by Crippen LogP contribution is -2.18. The molecule has 0 saturated carbocycles. The second kappa shape index (κ2) is 5.98. The highest BCUT2D eigenvalue weighted by molar-refractivity contribution is 6.31. The summed E-state index contributed by atoms with van der Waals surface area (Å²) in [5.41, 5.74) is 3.34. The quantitative estimate of drug-likeness (QED) is 0.902. The lowest BCUT2D eigenvalue weighted by atomic mass is 10.1. The molecule has 1 aromatic carbocycles. The van der Waals surface area contributed by atoms with Gasteiger partial charge in [0.2, 0.25) is 0 Å². The van der Waals surface area contributed by atoms with Gasteiger partial charge in [-0.15, -0.1) is 0 Å². The molecule has 1 N–H and O–H groups in total.